The molecule has 0 aliphatic heterocycles. The summed E-state index contributed by atoms with van der Waals surface area (Å²) in [6.45, 7) is 6.37. The Morgan fingerprint density at radius 3 is 2.77 bits per heavy atom. The second kappa shape index (κ2) is 10.2. The number of methoxy groups -OCH3 is 2. The summed E-state index contributed by atoms with van der Waals surface area (Å²) in [6, 6.07) is 5.17. The quantitative estimate of drug-likeness (QED) is 0.356. The van der Waals surface area contributed by atoms with Crippen LogP contribution in [-0.2, 0) is 11.2 Å². The number of thiophene rings is 1. The number of thioether (sulfide) groups is 1. The lowest BCUT2D eigenvalue weighted by atomic mass is 9.98. The first-order valence-corrected chi connectivity index (χ1v) is 11.8. The Labute approximate surface area is 189 Å². The van der Waals surface area contributed by atoms with Crippen molar-refractivity contribution in [2.45, 2.75) is 38.8 Å². The molecule has 2 heterocycles. The van der Waals surface area contributed by atoms with Crippen LogP contribution in [0, 0.1) is 12.8 Å². The first-order chi connectivity index (χ1) is 14.9. The van der Waals surface area contributed by atoms with E-state index in [-0.39, 0.29) is 17.2 Å². The van der Waals surface area contributed by atoms with Gasteiger partial charge in [-0.15, -0.1) is 11.3 Å². The van der Waals surface area contributed by atoms with Crippen molar-refractivity contribution >= 4 is 44.9 Å². The van der Waals surface area contributed by atoms with E-state index in [1.807, 2.05) is 6.92 Å². The maximum Gasteiger partial charge on any atom is 0.260 e. The molecule has 0 bridgehead atoms. The van der Waals surface area contributed by atoms with E-state index in [1.54, 1.807) is 25.3 Å². The first kappa shape index (κ1) is 23.1. The second-order valence-electron chi connectivity index (χ2n) is 7.31. The molecule has 0 radical (unpaired) electrons. The van der Waals surface area contributed by atoms with Gasteiger partial charge in [0.2, 0.25) is 5.91 Å². The van der Waals surface area contributed by atoms with Crippen molar-refractivity contribution in [3.8, 4) is 11.5 Å². The van der Waals surface area contributed by atoms with Gasteiger partial charge < -0.3 is 19.8 Å². The van der Waals surface area contributed by atoms with E-state index in [9.17, 15) is 9.59 Å². The van der Waals surface area contributed by atoms with Crippen LogP contribution in [0.3, 0.4) is 0 Å². The molecule has 1 amide bonds. The van der Waals surface area contributed by atoms with E-state index in [0.717, 1.165) is 28.1 Å². The molecule has 1 unspecified atom stereocenters. The van der Waals surface area contributed by atoms with Crippen LogP contribution in [0.4, 0.5) is 5.69 Å². The zero-order chi connectivity index (χ0) is 22.5. The second-order valence-corrected chi connectivity index (χ2v) is 9.48. The molecule has 0 fully saturated rings. The molecule has 0 saturated heterocycles. The highest BCUT2D eigenvalue weighted by molar-refractivity contribution is 7.99. The van der Waals surface area contributed by atoms with Crippen LogP contribution < -0.4 is 20.3 Å². The highest BCUT2D eigenvalue weighted by Crippen LogP contribution is 2.31. The van der Waals surface area contributed by atoms with Gasteiger partial charge in [0, 0.05) is 10.9 Å². The zero-order valence-electron chi connectivity index (χ0n) is 18.3. The third kappa shape index (κ3) is 5.40. The fourth-order valence-corrected chi connectivity index (χ4v) is 4.96. The molecule has 2 aromatic heterocycles. The molecule has 31 heavy (non-hydrogen) atoms. The van der Waals surface area contributed by atoms with Crippen molar-refractivity contribution in [1.82, 2.24) is 9.97 Å². The molecule has 3 rings (SSSR count). The third-order valence-electron chi connectivity index (χ3n) is 5.11. The highest BCUT2D eigenvalue weighted by atomic mass is 32.2. The van der Waals surface area contributed by atoms with Crippen molar-refractivity contribution in [3.63, 3.8) is 0 Å². The number of benzene rings is 1. The number of carbonyl (C=O) groups is 1. The van der Waals surface area contributed by atoms with E-state index in [4.69, 9.17) is 9.47 Å². The van der Waals surface area contributed by atoms with Crippen molar-refractivity contribution in [2.75, 3.05) is 25.3 Å². The fourth-order valence-electron chi connectivity index (χ4n) is 3.18. The number of nitrogens with one attached hydrogen (secondary N) is 2. The number of aromatic amines is 1. The number of fused-ring (bicyclic) bond motifs is 1. The largest absolute Gasteiger partial charge is 0.497 e. The normalized spacial score (nSPS) is 12.0. The van der Waals surface area contributed by atoms with Gasteiger partial charge >= 0.3 is 0 Å². The number of hydrogen-bond acceptors (Lipinski definition) is 7. The van der Waals surface area contributed by atoms with Gasteiger partial charge in [-0.1, -0.05) is 32.0 Å². The number of carbonyl (C=O) groups excluding carboxylic acids is 1. The maximum atomic E-state index is 12.8. The van der Waals surface area contributed by atoms with Crippen molar-refractivity contribution < 1.29 is 14.3 Å². The molecule has 166 valence electrons. The number of ether oxygens (including phenoxy) is 2. The minimum absolute atomic E-state index is 0.105. The molecular weight excluding hydrogens is 434 g/mol. The number of aromatic nitrogens is 2. The van der Waals surface area contributed by atoms with E-state index in [2.05, 4.69) is 29.1 Å². The van der Waals surface area contributed by atoms with Crippen LogP contribution in [0.5, 0.6) is 11.5 Å². The third-order valence-corrected chi connectivity index (χ3v) is 7.03. The summed E-state index contributed by atoms with van der Waals surface area (Å²) < 4.78 is 10.5. The van der Waals surface area contributed by atoms with Gasteiger partial charge in [-0.05, 0) is 37.0 Å². The van der Waals surface area contributed by atoms with E-state index >= 15 is 0 Å². The van der Waals surface area contributed by atoms with Crippen LogP contribution in [-0.4, -0.2) is 35.8 Å². The molecule has 0 aliphatic rings. The number of rotatable bonds is 9. The Hall–Kier alpha value is -2.52. The summed E-state index contributed by atoms with van der Waals surface area (Å²) in [6.07, 6.45) is 1.93. The summed E-state index contributed by atoms with van der Waals surface area (Å²) in [7, 11) is 3.10. The minimum Gasteiger partial charge on any atom is -0.497 e. The Morgan fingerprint density at radius 1 is 1.32 bits per heavy atom. The molecule has 9 heteroatoms. The summed E-state index contributed by atoms with van der Waals surface area (Å²) in [5.41, 5.74) is 1.49. The van der Waals surface area contributed by atoms with Crippen LogP contribution in [0.15, 0.2) is 28.2 Å². The van der Waals surface area contributed by atoms with E-state index < -0.39 is 0 Å². The number of nitrogens with zero attached hydrogens (tertiary/aromatic N) is 1. The zero-order valence-corrected chi connectivity index (χ0v) is 20.0. The number of hydrogen-bond donors (Lipinski definition) is 2. The molecule has 2 N–H and O–H groups in total. The fraction of sp³-hybridized carbons (Fsp3) is 0.409. The van der Waals surface area contributed by atoms with Crippen molar-refractivity contribution in [2.24, 2.45) is 5.92 Å². The molecule has 1 atom stereocenters. The van der Waals surface area contributed by atoms with Crippen molar-refractivity contribution in [3.05, 3.63) is 39.0 Å². The topological polar surface area (TPSA) is 93.3 Å². The van der Waals surface area contributed by atoms with Gasteiger partial charge in [0.1, 0.15) is 16.3 Å². The van der Waals surface area contributed by atoms with Gasteiger partial charge in [-0.3, -0.25) is 9.59 Å². The number of H-pyrrole nitrogens is 1. The van der Waals surface area contributed by atoms with Crippen LogP contribution in [0.2, 0.25) is 0 Å². The van der Waals surface area contributed by atoms with Gasteiger partial charge in [-0.2, -0.15) is 0 Å². The molecule has 7 nitrogen and oxygen atoms in total. The minimum atomic E-state index is -0.226. The smallest absolute Gasteiger partial charge is 0.260 e. The van der Waals surface area contributed by atoms with Gasteiger partial charge in [-0.25, -0.2) is 4.98 Å². The summed E-state index contributed by atoms with van der Waals surface area (Å²) >= 11 is 2.73. The van der Waals surface area contributed by atoms with Gasteiger partial charge in [0.25, 0.3) is 5.56 Å². The highest BCUT2D eigenvalue weighted by Gasteiger charge is 2.17. The average Bonchev–Trinajstić information content (AvgIpc) is 3.07. The van der Waals surface area contributed by atoms with E-state index in [1.165, 1.54) is 30.2 Å². The Balaban J connectivity index is 1.73. The predicted octanol–water partition coefficient (Wildman–Crippen LogP) is 4.63. The summed E-state index contributed by atoms with van der Waals surface area (Å²) in [4.78, 5) is 34.5. The molecule has 1 aromatic carbocycles. The number of aryl methyl sites for hydroxylation is 1. The maximum absolute atomic E-state index is 12.8. The van der Waals surface area contributed by atoms with E-state index in [0.29, 0.717) is 33.6 Å². The lowest BCUT2D eigenvalue weighted by molar-refractivity contribution is -0.113. The monoisotopic (exact) mass is 461 g/mol. The molecule has 0 spiro atoms. The molecule has 0 aliphatic carbocycles. The first-order valence-electron chi connectivity index (χ1n) is 10.0. The molecule has 0 saturated carbocycles. The predicted molar refractivity (Wildman–Crippen MR) is 127 cm³/mol. The van der Waals surface area contributed by atoms with Crippen LogP contribution >= 0.6 is 23.1 Å². The Morgan fingerprint density at radius 2 is 2.10 bits per heavy atom. The Kier molecular flexibility index (Phi) is 7.61. The van der Waals surface area contributed by atoms with Crippen molar-refractivity contribution in [1.29, 1.82) is 0 Å². The Bertz CT molecular complexity index is 1140. The van der Waals surface area contributed by atoms with Crippen LogP contribution in [0.25, 0.3) is 10.2 Å². The SMILES string of the molecule is CCC(C)Cc1c(C)sc2nc(SCC(=O)Nc3ccc(OC)cc3OC)[nH]c(=O)c12. The number of anilines is 1. The average molecular weight is 462 g/mol. The number of amides is 1. The lowest BCUT2D eigenvalue weighted by Gasteiger charge is -2.11. The standard InChI is InChI=1S/C22H27N3O4S2/c1-6-12(2)9-15-13(3)31-21-19(15)20(27)24-22(25-21)30-11-18(26)23-16-8-7-14(28-4)10-17(16)29-5/h7-8,10,12H,6,9,11H2,1-5H3,(H,23,26)(H,24,25,27). The lowest BCUT2D eigenvalue weighted by Crippen LogP contribution is -2.16. The van der Waals surface area contributed by atoms with Crippen LogP contribution in [0.1, 0.15) is 30.7 Å². The van der Waals surface area contributed by atoms with Gasteiger partial charge in [0.15, 0.2) is 5.16 Å². The summed E-state index contributed by atoms with van der Waals surface area (Å²) in [5, 5.41) is 3.93. The summed E-state index contributed by atoms with van der Waals surface area (Å²) in [5.74, 6) is 1.53. The molecule has 3 aromatic rings. The molecular formula is C22H27N3O4S2. The van der Waals surface area contributed by atoms with Gasteiger partial charge in [0.05, 0.1) is 31.0 Å².